The van der Waals surface area contributed by atoms with Crippen molar-refractivity contribution in [3.05, 3.63) is 65.0 Å². The van der Waals surface area contributed by atoms with Gasteiger partial charge < -0.3 is 0 Å². The molecule has 1 heterocycles. The van der Waals surface area contributed by atoms with Crippen molar-refractivity contribution in [3.63, 3.8) is 0 Å². The van der Waals surface area contributed by atoms with Crippen molar-refractivity contribution in [2.75, 3.05) is 0 Å². The van der Waals surface area contributed by atoms with E-state index in [1.54, 1.807) is 6.07 Å². The van der Waals surface area contributed by atoms with E-state index in [4.69, 9.17) is 0 Å². The van der Waals surface area contributed by atoms with Gasteiger partial charge in [-0.15, -0.1) is 0 Å². The number of Topliss-reactive ketones (excluding diaryl/α,β-unsaturated/α-hetero) is 1. The molecule has 0 fully saturated rings. The molecule has 0 bridgehead atoms. The minimum Gasteiger partial charge on any atom is -0.292 e. The van der Waals surface area contributed by atoms with Crippen LogP contribution in [0.25, 0.3) is 0 Å². The van der Waals surface area contributed by atoms with Crippen LogP contribution in [0, 0.1) is 11.6 Å². The summed E-state index contributed by atoms with van der Waals surface area (Å²) in [6.45, 7) is 1.91. The first-order chi connectivity index (χ1) is 9.11. The van der Waals surface area contributed by atoms with Crippen LogP contribution < -0.4 is 0 Å². The first-order valence-electron chi connectivity index (χ1n) is 6.03. The number of rotatable bonds is 4. The molecule has 1 aromatic carbocycles. The summed E-state index contributed by atoms with van der Waals surface area (Å²) < 4.78 is 26.5. The molecule has 1 aromatic heterocycles. The molecule has 0 aliphatic heterocycles. The van der Waals surface area contributed by atoms with Gasteiger partial charge in [0.05, 0.1) is 0 Å². The van der Waals surface area contributed by atoms with E-state index in [2.05, 4.69) is 4.98 Å². The highest BCUT2D eigenvalue weighted by molar-refractivity contribution is 5.97. The van der Waals surface area contributed by atoms with Crippen molar-refractivity contribution in [1.29, 1.82) is 0 Å². The van der Waals surface area contributed by atoms with Gasteiger partial charge in [-0.3, -0.25) is 9.78 Å². The Labute approximate surface area is 110 Å². The number of carbonyl (C=O) groups excluding carboxylic acids is 1. The molecular weight excluding hydrogens is 248 g/mol. The summed E-state index contributed by atoms with van der Waals surface area (Å²) in [6, 6.07) is 6.65. The summed E-state index contributed by atoms with van der Waals surface area (Å²) in [4.78, 5) is 16.1. The average Bonchev–Trinajstić information content (AvgIpc) is 2.42. The van der Waals surface area contributed by atoms with Crippen LogP contribution in [-0.4, -0.2) is 10.8 Å². The third-order valence-corrected chi connectivity index (χ3v) is 2.90. The number of pyridine rings is 1. The Kier molecular flexibility index (Phi) is 4.00. The maximum absolute atomic E-state index is 13.5. The van der Waals surface area contributed by atoms with Crippen molar-refractivity contribution in [2.24, 2.45) is 0 Å². The summed E-state index contributed by atoms with van der Waals surface area (Å²) in [6.07, 6.45) is 2.00. The molecule has 0 unspecified atom stereocenters. The second kappa shape index (κ2) is 5.69. The standard InChI is InChI=1S/C15H13F2NO/c1-2-10-4-3-7-18-15(10)14(19)9-11-8-12(16)5-6-13(11)17/h3-8H,2,9H2,1H3. The minimum atomic E-state index is -0.580. The maximum Gasteiger partial charge on any atom is 0.185 e. The minimum absolute atomic E-state index is 0.0534. The van der Waals surface area contributed by atoms with E-state index in [1.165, 1.54) is 6.20 Å². The third kappa shape index (κ3) is 3.02. The molecule has 2 rings (SSSR count). The predicted molar refractivity (Wildman–Crippen MR) is 68.0 cm³/mol. The number of hydrogen-bond acceptors (Lipinski definition) is 2. The van der Waals surface area contributed by atoms with Crippen LogP contribution in [0.4, 0.5) is 8.78 Å². The number of aromatic nitrogens is 1. The first kappa shape index (κ1) is 13.3. The topological polar surface area (TPSA) is 30.0 Å². The fraction of sp³-hybridized carbons (Fsp3) is 0.200. The van der Waals surface area contributed by atoms with E-state index in [-0.39, 0.29) is 17.8 Å². The number of hydrogen-bond donors (Lipinski definition) is 0. The number of ketones is 1. The highest BCUT2D eigenvalue weighted by atomic mass is 19.1. The maximum atomic E-state index is 13.5. The summed E-state index contributed by atoms with van der Waals surface area (Å²) in [5, 5.41) is 0. The SMILES string of the molecule is CCc1cccnc1C(=O)Cc1cc(F)ccc1F. The van der Waals surface area contributed by atoms with E-state index in [1.807, 2.05) is 13.0 Å². The summed E-state index contributed by atoms with van der Waals surface area (Å²) in [5.74, 6) is -1.44. The molecule has 0 N–H and O–H groups in total. The fourth-order valence-corrected chi connectivity index (χ4v) is 1.91. The zero-order valence-electron chi connectivity index (χ0n) is 10.5. The third-order valence-electron chi connectivity index (χ3n) is 2.90. The van der Waals surface area contributed by atoms with E-state index >= 15 is 0 Å². The quantitative estimate of drug-likeness (QED) is 0.790. The van der Waals surface area contributed by atoms with Crippen molar-refractivity contribution in [2.45, 2.75) is 19.8 Å². The zero-order chi connectivity index (χ0) is 13.8. The zero-order valence-corrected chi connectivity index (χ0v) is 10.5. The highest BCUT2D eigenvalue weighted by Gasteiger charge is 2.15. The monoisotopic (exact) mass is 261 g/mol. The van der Waals surface area contributed by atoms with E-state index in [0.717, 1.165) is 23.8 Å². The highest BCUT2D eigenvalue weighted by Crippen LogP contribution is 2.14. The Bertz CT molecular complexity index is 611. The molecule has 0 aliphatic carbocycles. The van der Waals surface area contributed by atoms with Gasteiger partial charge in [-0.1, -0.05) is 13.0 Å². The molecular formula is C15H13F2NO. The molecule has 4 heteroatoms. The van der Waals surface area contributed by atoms with Gasteiger partial charge in [-0.25, -0.2) is 8.78 Å². The van der Waals surface area contributed by atoms with Crippen molar-refractivity contribution < 1.29 is 13.6 Å². The lowest BCUT2D eigenvalue weighted by molar-refractivity contribution is 0.0986. The second-order valence-corrected chi connectivity index (χ2v) is 4.20. The molecule has 0 saturated heterocycles. The number of halogens is 2. The summed E-state index contributed by atoms with van der Waals surface area (Å²) in [5.41, 5.74) is 1.19. The van der Waals surface area contributed by atoms with Gasteiger partial charge in [0.15, 0.2) is 5.78 Å². The summed E-state index contributed by atoms with van der Waals surface area (Å²) >= 11 is 0. The van der Waals surface area contributed by atoms with Crippen LogP contribution in [0.5, 0.6) is 0 Å². The second-order valence-electron chi connectivity index (χ2n) is 4.20. The number of carbonyl (C=O) groups is 1. The molecule has 2 nitrogen and oxygen atoms in total. The molecule has 0 saturated carbocycles. The largest absolute Gasteiger partial charge is 0.292 e. The van der Waals surface area contributed by atoms with Gasteiger partial charge in [0.2, 0.25) is 0 Å². The van der Waals surface area contributed by atoms with E-state index in [9.17, 15) is 13.6 Å². The Hall–Kier alpha value is -2.10. The normalized spacial score (nSPS) is 10.5. The lowest BCUT2D eigenvalue weighted by Gasteiger charge is -2.06. The van der Waals surface area contributed by atoms with Gasteiger partial charge in [-0.05, 0) is 41.8 Å². The lowest BCUT2D eigenvalue weighted by Crippen LogP contribution is -2.10. The van der Waals surface area contributed by atoms with E-state index in [0.29, 0.717) is 12.1 Å². The van der Waals surface area contributed by atoms with Gasteiger partial charge in [0, 0.05) is 12.6 Å². The van der Waals surface area contributed by atoms with Crippen LogP contribution in [-0.2, 0) is 12.8 Å². The summed E-state index contributed by atoms with van der Waals surface area (Å²) in [7, 11) is 0. The molecule has 0 amide bonds. The first-order valence-corrected chi connectivity index (χ1v) is 6.03. The molecule has 0 atom stereocenters. The molecule has 0 spiro atoms. The van der Waals surface area contributed by atoms with Gasteiger partial charge >= 0.3 is 0 Å². The van der Waals surface area contributed by atoms with Gasteiger partial charge in [0.25, 0.3) is 0 Å². The Morgan fingerprint density at radius 2 is 2.00 bits per heavy atom. The van der Waals surface area contributed by atoms with Crippen molar-refractivity contribution >= 4 is 5.78 Å². The number of nitrogens with zero attached hydrogens (tertiary/aromatic N) is 1. The predicted octanol–water partition coefficient (Wildman–Crippen LogP) is 3.35. The Balaban J connectivity index is 2.28. The van der Waals surface area contributed by atoms with Crippen molar-refractivity contribution in [1.82, 2.24) is 4.98 Å². The van der Waals surface area contributed by atoms with Crippen LogP contribution in [0.15, 0.2) is 36.5 Å². The fourth-order valence-electron chi connectivity index (χ4n) is 1.91. The van der Waals surface area contributed by atoms with Crippen LogP contribution in [0.3, 0.4) is 0 Å². The smallest absolute Gasteiger partial charge is 0.185 e. The Morgan fingerprint density at radius 1 is 1.21 bits per heavy atom. The van der Waals surface area contributed by atoms with Gasteiger partial charge in [0.1, 0.15) is 17.3 Å². The molecule has 0 radical (unpaired) electrons. The van der Waals surface area contributed by atoms with Crippen LogP contribution in [0.1, 0.15) is 28.5 Å². The van der Waals surface area contributed by atoms with Crippen LogP contribution in [0.2, 0.25) is 0 Å². The molecule has 19 heavy (non-hydrogen) atoms. The van der Waals surface area contributed by atoms with Gasteiger partial charge in [-0.2, -0.15) is 0 Å². The number of aryl methyl sites for hydroxylation is 1. The lowest BCUT2D eigenvalue weighted by atomic mass is 10.0. The molecule has 98 valence electrons. The molecule has 0 aliphatic rings. The Morgan fingerprint density at radius 3 is 2.74 bits per heavy atom. The van der Waals surface area contributed by atoms with E-state index < -0.39 is 11.6 Å². The molecule has 2 aromatic rings. The van der Waals surface area contributed by atoms with Crippen molar-refractivity contribution in [3.8, 4) is 0 Å². The number of benzene rings is 1. The average molecular weight is 261 g/mol. The van der Waals surface area contributed by atoms with Crippen LogP contribution >= 0.6 is 0 Å².